The van der Waals surface area contributed by atoms with Gasteiger partial charge in [-0.25, -0.2) is 4.79 Å². The van der Waals surface area contributed by atoms with Crippen LogP contribution in [0.5, 0.6) is 0 Å². The van der Waals surface area contributed by atoms with Gasteiger partial charge in [0.1, 0.15) is 5.69 Å². The summed E-state index contributed by atoms with van der Waals surface area (Å²) in [6.45, 7) is 1.09. The fraction of sp³-hybridized carbons (Fsp3) is 0.188. The van der Waals surface area contributed by atoms with Crippen molar-refractivity contribution in [1.29, 1.82) is 0 Å². The van der Waals surface area contributed by atoms with Crippen LogP contribution in [0, 0.1) is 3.57 Å². The zero-order valence-electron chi connectivity index (χ0n) is 12.1. The smallest absolute Gasteiger partial charge is 0.355 e. The molecule has 0 aliphatic carbocycles. The molecule has 0 saturated heterocycles. The lowest BCUT2D eigenvalue weighted by Crippen LogP contribution is -2.16. The molecule has 22 heavy (non-hydrogen) atoms. The van der Waals surface area contributed by atoms with Gasteiger partial charge in [-0.1, -0.05) is 12.1 Å². The minimum absolute atomic E-state index is 0.135. The van der Waals surface area contributed by atoms with Crippen molar-refractivity contribution < 1.29 is 19.1 Å². The maximum atomic E-state index is 12.0. The van der Waals surface area contributed by atoms with Crippen molar-refractivity contribution in [3.63, 3.8) is 0 Å². The molecule has 0 unspecified atom stereocenters. The summed E-state index contributed by atoms with van der Waals surface area (Å²) >= 11 is 2.14. The van der Waals surface area contributed by atoms with Gasteiger partial charge in [-0.15, -0.1) is 0 Å². The maximum Gasteiger partial charge on any atom is 0.355 e. The summed E-state index contributed by atoms with van der Waals surface area (Å²) in [6, 6.07) is 8.46. The summed E-state index contributed by atoms with van der Waals surface area (Å²) in [4.78, 5) is 35.2. The molecule has 0 radical (unpaired) electrons. The zero-order valence-corrected chi connectivity index (χ0v) is 14.3. The number of aryl methyl sites for hydroxylation is 1. The molecule has 2 rings (SSSR count). The molecule has 6 heteroatoms. The van der Waals surface area contributed by atoms with Gasteiger partial charge in [0.2, 0.25) is 0 Å². The minimum Gasteiger partial charge on any atom is -0.453 e. The number of halogens is 1. The zero-order chi connectivity index (χ0) is 16.3. The van der Waals surface area contributed by atoms with Gasteiger partial charge >= 0.3 is 5.97 Å². The Bertz CT molecular complexity index is 731. The predicted molar refractivity (Wildman–Crippen MR) is 89.2 cm³/mol. The number of ether oxygens (including phenoxy) is 1. The van der Waals surface area contributed by atoms with Crippen molar-refractivity contribution in [1.82, 2.24) is 4.57 Å². The van der Waals surface area contributed by atoms with E-state index in [0.29, 0.717) is 11.1 Å². The van der Waals surface area contributed by atoms with Crippen LogP contribution in [0.1, 0.15) is 38.1 Å². The Hall–Kier alpha value is -1.96. The van der Waals surface area contributed by atoms with Crippen LogP contribution in [0.15, 0.2) is 36.5 Å². The van der Waals surface area contributed by atoms with E-state index in [1.165, 1.54) is 17.6 Å². The third kappa shape index (κ3) is 3.82. The Kier molecular flexibility index (Phi) is 5.12. The number of Topliss-reactive ketones (excluding diaryl/α,β-unsaturated/α-hetero) is 2. The second kappa shape index (κ2) is 6.87. The van der Waals surface area contributed by atoms with E-state index in [0.717, 1.165) is 3.57 Å². The van der Waals surface area contributed by atoms with Gasteiger partial charge < -0.3 is 9.30 Å². The highest BCUT2D eigenvalue weighted by atomic mass is 127. The van der Waals surface area contributed by atoms with Crippen LogP contribution in [0.3, 0.4) is 0 Å². The minimum atomic E-state index is -0.631. The summed E-state index contributed by atoms with van der Waals surface area (Å²) < 4.78 is 7.55. The lowest BCUT2D eigenvalue weighted by Gasteiger charge is -2.05. The number of nitrogens with zero attached hydrogens (tertiary/aromatic N) is 1. The van der Waals surface area contributed by atoms with E-state index in [2.05, 4.69) is 22.6 Å². The molecule has 5 nitrogen and oxygen atoms in total. The van der Waals surface area contributed by atoms with Crippen LogP contribution in [0.2, 0.25) is 0 Å². The SMILES string of the molecule is CC(=O)c1cc(C(=O)OCC(=O)c2ccc(I)cc2)n(C)c1. The Balaban J connectivity index is 2.02. The van der Waals surface area contributed by atoms with E-state index in [1.807, 2.05) is 12.1 Å². The number of rotatable bonds is 5. The molecule has 0 bridgehead atoms. The van der Waals surface area contributed by atoms with E-state index in [-0.39, 0.29) is 23.9 Å². The number of aromatic nitrogens is 1. The van der Waals surface area contributed by atoms with Gasteiger partial charge in [0.15, 0.2) is 18.2 Å². The van der Waals surface area contributed by atoms with Crippen LogP contribution in [0.25, 0.3) is 0 Å². The van der Waals surface area contributed by atoms with E-state index < -0.39 is 5.97 Å². The van der Waals surface area contributed by atoms with Crippen LogP contribution in [0.4, 0.5) is 0 Å². The third-order valence-electron chi connectivity index (χ3n) is 3.12. The largest absolute Gasteiger partial charge is 0.453 e. The van der Waals surface area contributed by atoms with Crippen LogP contribution in [-0.4, -0.2) is 28.7 Å². The molecule has 1 heterocycles. The molecule has 0 spiro atoms. The van der Waals surface area contributed by atoms with Crippen molar-refractivity contribution in [2.24, 2.45) is 7.05 Å². The van der Waals surface area contributed by atoms with Gasteiger partial charge in [0, 0.05) is 27.9 Å². The molecular formula is C16H14INO4. The normalized spacial score (nSPS) is 10.3. The monoisotopic (exact) mass is 411 g/mol. The van der Waals surface area contributed by atoms with Crippen molar-refractivity contribution in [3.05, 3.63) is 56.9 Å². The molecular weight excluding hydrogens is 397 g/mol. The molecule has 2 aromatic rings. The van der Waals surface area contributed by atoms with Crippen LogP contribution < -0.4 is 0 Å². The second-order valence-electron chi connectivity index (χ2n) is 4.79. The molecule has 0 amide bonds. The highest BCUT2D eigenvalue weighted by Crippen LogP contribution is 2.11. The molecule has 0 N–H and O–H groups in total. The number of hydrogen-bond acceptors (Lipinski definition) is 4. The van der Waals surface area contributed by atoms with Crippen molar-refractivity contribution in [2.75, 3.05) is 6.61 Å². The van der Waals surface area contributed by atoms with E-state index in [4.69, 9.17) is 4.74 Å². The summed E-state index contributed by atoms with van der Waals surface area (Å²) in [7, 11) is 1.64. The molecule has 0 fully saturated rings. The fourth-order valence-corrected chi connectivity index (χ4v) is 2.24. The number of benzene rings is 1. The highest BCUT2D eigenvalue weighted by molar-refractivity contribution is 14.1. The Labute approximate surface area is 141 Å². The van der Waals surface area contributed by atoms with Crippen molar-refractivity contribution in [2.45, 2.75) is 6.92 Å². The Morgan fingerprint density at radius 1 is 1.14 bits per heavy atom. The first-order valence-electron chi connectivity index (χ1n) is 6.51. The van der Waals surface area contributed by atoms with Gasteiger partial charge in [-0.05, 0) is 47.7 Å². The molecule has 0 aliphatic heterocycles. The number of carbonyl (C=O) groups is 3. The van der Waals surface area contributed by atoms with E-state index >= 15 is 0 Å². The second-order valence-corrected chi connectivity index (χ2v) is 6.03. The van der Waals surface area contributed by atoms with Crippen molar-refractivity contribution in [3.8, 4) is 0 Å². The van der Waals surface area contributed by atoms with Crippen LogP contribution >= 0.6 is 22.6 Å². The number of esters is 1. The molecule has 1 aromatic heterocycles. The van der Waals surface area contributed by atoms with Crippen LogP contribution in [-0.2, 0) is 11.8 Å². The number of hydrogen-bond donors (Lipinski definition) is 0. The first-order chi connectivity index (χ1) is 10.4. The molecule has 0 saturated carbocycles. The first-order valence-corrected chi connectivity index (χ1v) is 7.59. The lowest BCUT2D eigenvalue weighted by atomic mass is 10.1. The summed E-state index contributed by atoms with van der Waals surface area (Å²) in [5, 5.41) is 0. The quantitative estimate of drug-likeness (QED) is 0.431. The summed E-state index contributed by atoms with van der Waals surface area (Å²) in [5.74, 6) is -1.04. The summed E-state index contributed by atoms with van der Waals surface area (Å²) in [6.07, 6.45) is 1.56. The fourth-order valence-electron chi connectivity index (χ4n) is 1.88. The highest BCUT2D eigenvalue weighted by Gasteiger charge is 2.17. The predicted octanol–water partition coefficient (Wildman–Crippen LogP) is 2.87. The Morgan fingerprint density at radius 2 is 1.77 bits per heavy atom. The van der Waals surface area contributed by atoms with Crippen molar-refractivity contribution >= 4 is 40.1 Å². The van der Waals surface area contributed by atoms with E-state index in [9.17, 15) is 14.4 Å². The van der Waals surface area contributed by atoms with Gasteiger partial charge in [-0.3, -0.25) is 9.59 Å². The molecule has 1 aromatic carbocycles. The molecule has 0 aliphatic rings. The standard InChI is InChI=1S/C16H14INO4/c1-10(19)12-7-14(18(2)8-12)16(21)22-9-15(20)11-3-5-13(17)6-4-11/h3-8H,9H2,1-2H3. The third-order valence-corrected chi connectivity index (χ3v) is 3.84. The Morgan fingerprint density at radius 3 is 2.32 bits per heavy atom. The maximum absolute atomic E-state index is 12.0. The average molecular weight is 411 g/mol. The molecule has 0 atom stereocenters. The topological polar surface area (TPSA) is 65.4 Å². The number of carbonyl (C=O) groups excluding carboxylic acids is 3. The summed E-state index contributed by atoms with van der Waals surface area (Å²) in [5.41, 5.74) is 1.16. The average Bonchev–Trinajstić information content (AvgIpc) is 2.87. The van der Waals surface area contributed by atoms with Gasteiger partial charge in [0.05, 0.1) is 0 Å². The van der Waals surface area contributed by atoms with E-state index in [1.54, 1.807) is 25.4 Å². The first kappa shape index (κ1) is 16.4. The van der Waals surface area contributed by atoms with Gasteiger partial charge in [-0.2, -0.15) is 0 Å². The van der Waals surface area contributed by atoms with Gasteiger partial charge in [0.25, 0.3) is 0 Å². The lowest BCUT2D eigenvalue weighted by molar-refractivity contribution is 0.0465. The number of ketones is 2. The molecule has 114 valence electrons.